The summed E-state index contributed by atoms with van der Waals surface area (Å²) in [6, 6.07) is 10.6. The summed E-state index contributed by atoms with van der Waals surface area (Å²) in [7, 11) is 0. The van der Waals surface area contributed by atoms with Gasteiger partial charge in [-0.1, -0.05) is 6.07 Å². The van der Waals surface area contributed by atoms with Crippen molar-refractivity contribution in [3.63, 3.8) is 0 Å². The maximum atomic E-state index is 12.0. The lowest BCUT2D eigenvalue weighted by molar-refractivity contribution is 0.439. The number of hydrogen-bond donors (Lipinski definition) is 2. The van der Waals surface area contributed by atoms with Crippen LogP contribution in [0.15, 0.2) is 66.0 Å². The molecule has 0 saturated heterocycles. The molecule has 0 atom stereocenters. The fourth-order valence-electron chi connectivity index (χ4n) is 2.40. The van der Waals surface area contributed by atoms with Crippen LogP contribution in [0.5, 0.6) is 5.88 Å². The van der Waals surface area contributed by atoms with E-state index >= 15 is 0 Å². The first kappa shape index (κ1) is 14.8. The lowest BCUT2D eigenvalue weighted by atomic mass is 10.2. The highest BCUT2D eigenvalue weighted by atomic mass is 16.3. The van der Waals surface area contributed by atoms with Crippen molar-refractivity contribution in [1.29, 1.82) is 0 Å². The topological polar surface area (TPSA) is 110 Å². The molecule has 0 aromatic carbocycles. The lowest BCUT2D eigenvalue weighted by Gasteiger charge is -2.08. The van der Waals surface area contributed by atoms with Crippen molar-refractivity contribution in [3.05, 3.63) is 71.7 Å². The molecule has 8 heteroatoms. The van der Waals surface area contributed by atoms with Crippen LogP contribution in [0.2, 0.25) is 0 Å². The van der Waals surface area contributed by atoms with Crippen LogP contribution in [0.3, 0.4) is 0 Å². The number of imidazole rings is 1. The summed E-state index contributed by atoms with van der Waals surface area (Å²) in [6.07, 6.45) is 6.16. The number of aromatic amines is 1. The Morgan fingerprint density at radius 3 is 2.64 bits per heavy atom. The standard InChI is InChI=1S/C17H12N6O2/c24-15-10-20-17(25)23(15)14-8-13(11-4-3-6-18-9-11)21-16(22-14)12-5-1-2-7-19-12/h1-10,24H,(H,20,25). The Labute approximate surface area is 141 Å². The average molecular weight is 332 g/mol. The van der Waals surface area contributed by atoms with E-state index in [0.29, 0.717) is 17.2 Å². The summed E-state index contributed by atoms with van der Waals surface area (Å²) in [6.45, 7) is 0. The molecular formula is C17H12N6O2. The fraction of sp³-hybridized carbons (Fsp3) is 0. The number of rotatable bonds is 3. The molecule has 0 aliphatic heterocycles. The van der Waals surface area contributed by atoms with Crippen molar-refractivity contribution in [3.8, 4) is 34.5 Å². The van der Waals surface area contributed by atoms with E-state index in [1.807, 2.05) is 12.1 Å². The van der Waals surface area contributed by atoms with Gasteiger partial charge in [0.25, 0.3) is 0 Å². The van der Waals surface area contributed by atoms with Crippen LogP contribution in [0.4, 0.5) is 0 Å². The molecule has 0 aliphatic carbocycles. The van der Waals surface area contributed by atoms with Gasteiger partial charge in [0.2, 0.25) is 5.88 Å². The Hall–Kier alpha value is -3.81. The van der Waals surface area contributed by atoms with Crippen molar-refractivity contribution >= 4 is 0 Å². The molecule has 0 spiro atoms. The van der Waals surface area contributed by atoms with Gasteiger partial charge in [-0.15, -0.1) is 0 Å². The number of hydrogen-bond acceptors (Lipinski definition) is 6. The van der Waals surface area contributed by atoms with Gasteiger partial charge >= 0.3 is 5.69 Å². The number of aromatic hydroxyl groups is 1. The zero-order valence-corrected chi connectivity index (χ0v) is 12.9. The minimum Gasteiger partial charge on any atom is -0.493 e. The fourth-order valence-corrected chi connectivity index (χ4v) is 2.40. The van der Waals surface area contributed by atoms with Crippen molar-refractivity contribution < 1.29 is 5.11 Å². The third-order valence-electron chi connectivity index (χ3n) is 3.55. The predicted octanol–water partition coefficient (Wildman–Crippen LogP) is 1.79. The quantitative estimate of drug-likeness (QED) is 0.592. The molecule has 25 heavy (non-hydrogen) atoms. The predicted molar refractivity (Wildman–Crippen MR) is 90.1 cm³/mol. The van der Waals surface area contributed by atoms with E-state index in [0.717, 1.165) is 10.1 Å². The molecule has 0 radical (unpaired) electrons. The second-order valence-electron chi connectivity index (χ2n) is 5.18. The van der Waals surface area contributed by atoms with Crippen LogP contribution in [0.25, 0.3) is 28.6 Å². The number of pyridine rings is 2. The van der Waals surface area contributed by atoms with Gasteiger partial charge in [-0.25, -0.2) is 19.3 Å². The molecular weight excluding hydrogens is 320 g/mol. The van der Waals surface area contributed by atoms with Crippen molar-refractivity contribution in [2.24, 2.45) is 0 Å². The van der Waals surface area contributed by atoms with Gasteiger partial charge < -0.3 is 10.1 Å². The van der Waals surface area contributed by atoms with Gasteiger partial charge in [0.05, 0.1) is 11.9 Å². The number of aromatic nitrogens is 6. The van der Waals surface area contributed by atoms with Crippen LogP contribution >= 0.6 is 0 Å². The van der Waals surface area contributed by atoms with Crippen LogP contribution in [-0.4, -0.2) is 34.6 Å². The first-order valence-corrected chi connectivity index (χ1v) is 7.43. The highest BCUT2D eigenvalue weighted by Gasteiger charge is 2.14. The maximum Gasteiger partial charge on any atom is 0.334 e. The summed E-state index contributed by atoms with van der Waals surface area (Å²) >= 11 is 0. The largest absolute Gasteiger partial charge is 0.493 e. The molecule has 8 nitrogen and oxygen atoms in total. The minimum absolute atomic E-state index is 0.234. The molecule has 2 N–H and O–H groups in total. The summed E-state index contributed by atoms with van der Waals surface area (Å²) in [4.78, 5) is 31.7. The zero-order valence-electron chi connectivity index (χ0n) is 12.9. The second-order valence-corrected chi connectivity index (χ2v) is 5.18. The molecule has 4 aromatic rings. The average Bonchev–Trinajstić information content (AvgIpc) is 3.01. The maximum absolute atomic E-state index is 12.0. The third kappa shape index (κ3) is 2.76. The molecule has 0 aliphatic rings. The molecule has 0 bridgehead atoms. The van der Waals surface area contributed by atoms with Gasteiger partial charge in [0.1, 0.15) is 11.5 Å². The van der Waals surface area contributed by atoms with Gasteiger partial charge in [-0.2, -0.15) is 0 Å². The Bertz CT molecular complexity index is 1020. The molecule has 4 aromatic heterocycles. The monoisotopic (exact) mass is 332 g/mol. The first-order chi connectivity index (χ1) is 12.2. The first-order valence-electron chi connectivity index (χ1n) is 7.43. The molecule has 0 amide bonds. The minimum atomic E-state index is -0.500. The molecule has 0 unspecified atom stereocenters. The molecule has 0 saturated carbocycles. The lowest BCUT2D eigenvalue weighted by Crippen LogP contribution is -2.16. The van der Waals surface area contributed by atoms with Gasteiger partial charge in [0.15, 0.2) is 5.82 Å². The SMILES string of the molecule is O=c1[nH]cc(O)n1-c1cc(-c2cccnc2)nc(-c2ccccn2)n1. The number of nitrogens with zero attached hydrogens (tertiary/aromatic N) is 5. The Kier molecular flexibility index (Phi) is 3.55. The summed E-state index contributed by atoms with van der Waals surface area (Å²) in [5.74, 6) is 0.329. The molecule has 122 valence electrons. The van der Waals surface area contributed by atoms with E-state index in [4.69, 9.17) is 0 Å². The van der Waals surface area contributed by atoms with Gasteiger partial charge in [-0.05, 0) is 24.3 Å². The Morgan fingerprint density at radius 1 is 1.04 bits per heavy atom. The number of H-pyrrole nitrogens is 1. The zero-order chi connectivity index (χ0) is 17.2. The van der Waals surface area contributed by atoms with E-state index in [9.17, 15) is 9.90 Å². The third-order valence-corrected chi connectivity index (χ3v) is 3.55. The summed E-state index contributed by atoms with van der Waals surface area (Å²) in [5.41, 5.74) is 1.37. The summed E-state index contributed by atoms with van der Waals surface area (Å²) in [5, 5.41) is 9.95. The summed E-state index contributed by atoms with van der Waals surface area (Å²) < 4.78 is 1.06. The van der Waals surface area contributed by atoms with E-state index < -0.39 is 5.69 Å². The smallest absolute Gasteiger partial charge is 0.334 e. The molecule has 0 fully saturated rings. The number of nitrogens with one attached hydrogen (secondary N) is 1. The van der Waals surface area contributed by atoms with Crippen molar-refractivity contribution in [2.45, 2.75) is 0 Å². The van der Waals surface area contributed by atoms with Crippen LogP contribution in [0.1, 0.15) is 0 Å². The second kappa shape index (κ2) is 6.00. The van der Waals surface area contributed by atoms with Crippen LogP contribution in [0, 0.1) is 0 Å². The van der Waals surface area contributed by atoms with Crippen LogP contribution < -0.4 is 5.69 Å². The van der Waals surface area contributed by atoms with Gasteiger partial charge in [0, 0.05) is 30.2 Å². The Morgan fingerprint density at radius 2 is 1.96 bits per heavy atom. The van der Waals surface area contributed by atoms with Gasteiger partial charge in [-0.3, -0.25) is 9.97 Å². The van der Waals surface area contributed by atoms with E-state index in [1.54, 1.807) is 42.9 Å². The Balaban J connectivity index is 1.97. The normalized spacial score (nSPS) is 10.7. The van der Waals surface area contributed by atoms with Crippen molar-refractivity contribution in [2.75, 3.05) is 0 Å². The van der Waals surface area contributed by atoms with E-state index in [-0.39, 0.29) is 11.7 Å². The highest BCUT2D eigenvalue weighted by molar-refractivity contribution is 5.63. The molecule has 4 heterocycles. The van der Waals surface area contributed by atoms with E-state index in [2.05, 4.69) is 24.9 Å². The van der Waals surface area contributed by atoms with E-state index in [1.165, 1.54) is 6.20 Å². The highest BCUT2D eigenvalue weighted by Crippen LogP contribution is 2.23. The van der Waals surface area contributed by atoms with Crippen LogP contribution in [-0.2, 0) is 0 Å². The molecule has 4 rings (SSSR count). The van der Waals surface area contributed by atoms with Crippen molar-refractivity contribution in [1.82, 2.24) is 29.5 Å².